The molecule has 6 nitrogen and oxygen atoms in total. The molecule has 0 bridgehead atoms. The zero-order valence-electron chi connectivity index (χ0n) is 23.8. The number of benzene rings is 3. The Kier molecular flexibility index (Phi) is 10.0. The van der Waals surface area contributed by atoms with E-state index >= 15 is 0 Å². The molecule has 0 atom stereocenters. The predicted octanol–water partition coefficient (Wildman–Crippen LogP) is 6.35. The van der Waals surface area contributed by atoms with Crippen LogP contribution in [0.15, 0.2) is 108 Å². The Morgan fingerprint density at radius 1 is 0.805 bits per heavy atom. The lowest BCUT2D eigenvalue weighted by Gasteiger charge is -2.33. The summed E-state index contributed by atoms with van der Waals surface area (Å²) in [5, 5.41) is 0. The minimum Gasteiger partial charge on any atom is -0.494 e. The first-order valence-electron chi connectivity index (χ1n) is 14.5. The summed E-state index contributed by atoms with van der Waals surface area (Å²) in [6, 6.07) is 32.8. The molecule has 0 aliphatic carbocycles. The molecule has 1 aliphatic heterocycles. The molecule has 3 aromatic carbocycles. The van der Waals surface area contributed by atoms with Crippen molar-refractivity contribution >= 4 is 12.0 Å². The first-order valence-corrected chi connectivity index (χ1v) is 14.5. The van der Waals surface area contributed by atoms with Crippen LogP contribution in [0.4, 0.5) is 0 Å². The highest BCUT2D eigenvalue weighted by Gasteiger charge is 2.24. The lowest BCUT2D eigenvalue weighted by Crippen LogP contribution is -2.48. The van der Waals surface area contributed by atoms with Crippen molar-refractivity contribution in [1.29, 1.82) is 0 Å². The summed E-state index contributed by atoms with van der Waals surface area (Å²) in [6.45, 7) is 8.77. The maximum Gasteiger partial charge on any atom is 0.289 e. The van der Waals surface area contributed by atoms with Crippen molar-refractivity contribution in [3.05, 3.63) is 131 Å². The lowest BCUT2D eigenvalue weighted by molar-refractivity contribution is 0.0615. The van der Waals surface area contributed by atoms with Gasteiger partial charge in [-0.15, -0.1) is 0 Å². The molecule has 0 radical (unpaired) electrons. The fourth-order valence-electron chi connectivity index (χ4n) is 5.11. The van der Waals surface area contributed by atoms with Gasteiger partial charge in [-0.25, -0.2) is 0 Å². The molecule has 0 N–H and O–H groups in total. The smallest absolute Gasteiger partial charge is 0.289 e. The Labute approximate surface area is 243 Å². The van der Waals surface area contributed by atoms with Crippen LogP contribution in [0.25, 0.3) is 6.08 Å². The van der Waals surface area contributed by atoms with Gasteiger partial charge in [-0.2, -0.15) is 0 Å². The number of nitrogens with zero attached hydrogens (tertiary/aromatic N) is 3. The number of ether oxygens (including phenoxy) is 1. The summed E-state index contributed by atoms with van der Waals surface area (Å²) in [5.74, 6) is 2.06. The van der Waals surface area contributed by atoms with E-state index in [4.69, 9.17) is 9.15 Å². The number of rotatable bonds is 12. The van der Waals surface area contributed by atoms with Crippen molar-refractivity contribution in [3.8, 4) is 5.75 Å². The van der Waals surface area contributed by atoms with Gasteiger partial charge in [0.1, 0.15) is 11.5 Å². The molecule has 5 rings (SSSR count). The number of carbonyl (C=O) groups is 1. The van der Waals surface area contributed by atoms with Crippen LogP contribution in [0.1, 0.15) is 39.9 Å². The van der Waals surface area contributed by atoms with Gasteiger partial charge in [-0.1, -0.05) is 84.9 Å². The topological polar surface area (TPSA) is 49.2 Å². The Bertz CT molecular complexity index is 1380. The third-order valence-corrected chi connectivity index (χ3v) is 7.27. The fourth-order valence-corrected chi connectivity index (χ4v) is 5.11. The average molecular weight is 550 g/mol. The molecular weight excluding hydrogens is 510 g/mol. The van der Waals surface area contributed by atoms with Crippen molar-refractivity contribution in [2.45, 2.75) is 26.6 Å². The van der Waals surface area contributed by atoms with Crippen LogP contribution in [0.5, 0.6) is 5.75 Å². The second kappa shape index (κ2) is 14.5. The molecule has 1 aromatic heterocycles. The van der Waals surface area contributed by atoms with Crippen molar-refractivity contribution in [2.24, 2.45) is 0 Å². The zero-order valence-corrected chi connectivity index (χ0v) is 23.8. The summed E-state index contributed by atoms with van der Waals surface area (Å²) in [7, 11) is 0. The van der Waals surface area contributed by atoms with E-state index < -0.39 is 0 Å². The van der Waals surface area contributed by atoms with Crippen LogP contribution in [0.3, 0.4) is 0 Å². The highest BCUT2D eigenvalue weighted by Crippen LogP contribution is 2.20. The Morgan fingerprint density at radius 3 is 2.15 bits per heavy atom. The number of piperazine rings is 1. The molecule has 1 aliphatic rings. The van der Waals surface area contributed by atoms with Crippen molar-refractivity contribution in [2.75, 3.05) is 39.3 Å². The molecule has 1 saturated heterocycles. The summed E-state index contributed by atoms with van der Waals surface area (Å²) >= 11 is 0. The zero-order chi connectivity index (χ0) is 28.3. The van der Waals surface area contributed by atoms with E-state index in [2.05, 4.69) is 70.5 Å². The molecule has 1 amide bonds. The third kappa shape index (κ3) is 8.43. The van der Waals surface area contributed by atoms with E-state index in [0.29, 0.717) is 32.0 Å². The minimum absolute atomic E-state index is 0.0307. The number of hydrogen-bond donors (Lipinski definition) is 0. The van der Waals surface area contributed by atoms with E-state index in [9.17, 15) is 4.79 Å². The van der Waals surface area contributed by atoms with E-state index in [0.717, 1.165) is 44.2 Å². The van der Waals surface area contributed by atoms with Crippen LogP contribution < -0.4 is 4.74 Å². The number of amides is 1. The van der Waals surface area contributed by atoms with Gasteiger partial charge in [-0.3, -0.25) is 14.6 Å². The predicted molar refractivity (Wildman–Crippen MR) is 164 cm³/mol. The Balaban J connectivity index is 1.16. The lowest BCUT2D eigenvalue weighted by atomic mass is 10.1. The van der Waals surface area contributed by atoms with Crippen LogP contribution in [-0.4, -0.2) is 59.9 Å². The van der Waals surface area contributed by atoms with Gasteiger partial charge < -0.3 is 14.1 Å². The summed E-state index contributed by atoms with van der Waals surface area (Å²) in [4.78, 5) is 19.9. The fraction of sp³-hybridized carbons (Fsp3) is 0.286. The van der Waals surface area contributed by atoms with Gasteiger partial charge in [0.15, 0.2) is 5.76 Å². The van der Waals surface area contributed by atoms with Crippen LogP contribution in [-0.2, 0) is 19.6 Å². The number of furan rings is 1. The third-order valence-electron chi connectivity index (χ3n) is 7.27. The van der Waals surface area contributed by atoms with E-state index in [1.165, 1.54) is 16.7 Å². The monoisotopic (exact) mass is 549 g/mol. The SMILES string of the molecule is CCOc1ccc(CN(Cc2ccccc2)Cc2ccc(C(=O)N3CCN(C/C=C/c4ccccc4)CC3)o2)cc1. The molecule has 0 spiro atoms. The molecular formula is C35H39N3O3. The van der Waals surface area contributed by atoms with Crippen molar-refractivity contribution in [3.63, 3.8) is 0 Å². The number of hydrogen-bond acceptors (Lipinski definition) is 5. The quantitative estimate of drug-likeness (QED) is 0.206. The summed E-state index contributed by atoms with van der Waals surface area (Å²) in [6.07, 6.45) is 4.35. The molecule has 0 saturated carbocycles. The number of carbonyl (C=O) groups excluding carboxylic acids is 1. The molecule has 212 valence electrons. The van der Waals surface area contributed by atoms with E-state index in [1.54, 1.807) is 0 Å². The Hall–Kier alpha value is -4.13. The van der Waals surface area contributed by atoms with Crippen LogP contribution >= 0.6 is 0 Å². The van der Waals surface area contributed by atoms with Gasteiger partial charge in [0.25, 0.3) is 5.91 Å². The first kappa shape index (κ1) is 28.4. The van der Waals surface area contributed by atoms with Gasteiger partial charge in [0, 0.05) is 45.8 Å². The van der Waals surface area contributed by atoms with Crippen molar-refractivity contribution < 1.29 is 13.9 Å². The van der Waals surface area contributed by atoms with Gasteiger partial charge in [0.05, 0.1) is 13.2 Å². The molecule has 4 aromatic rings. The molecule has 1 fully saturated rings. The largest absolute Gasteiger partial charge is 0.494 e. The highest BCUT2D eigenvalue weighted by molar-refractivity contribution is 5.91. The van der Waals surface area contributed by atoms with Crippen molar-refractivity contribution in [1.82, 2.24) is 14.7 Å². The normalized spacial score (nSPS) is 14.1. The highest BCUT2D eigenvalue weighted by atomic mass is 16.5. The average Bonchev–Trinajstić information content (AvgIpc) is 3.48. The Morgan fingerprint density at radius 2 is 1.46 bits per heavy atom. The summed E-state index contributed by atoms with van der Waals surface area (Å²) < 4.78 is 11.7. The second-order valence-corrected chi connectivity index (χ2v) is 10.4. The molecule has 6 heteroatoms. The van der Waals surface area contributed by atoms with Crippen LogP contribution in [0.2, 0.25) is 0 Å². The maximum absolute atomic E-state index is 13.2. The van der Waals surface area contributed by atoms with Gasteiger partial charge in [0.2, 0.25) is 0 Å². The maximum atomic E-state index is 13.2. The molecule has 0 unspecified atom stereocenters. The molecule has 2 heterocycles. The second-order valence-electron chi connectivity index (χ2n) is 10.4. The van der Waals surface area contributed by atoms with E-state index in [1.807, 2.05) is 60.4 Å². The van der Waals surface area contributed by atoms with E-state index in [-0.39, 0.29) is 5.91 Å². The summed E-state index contributed by atoms with van der Waals surface area (Å²) in [5.41, 5.74) is 3.64. The minimum atomic E-state index is -0.0307. The van der Waals surface area contributed by atoms with Gasteiger partial charge in [-0.05, 0) is 47.9 Å². The standard InChI is InChI=1S/C35H39N3O3/c1-2-40-32-17-15-31(16-18-32)27-37(26-30-12-7-4-8-13-30)28-33-19-20-34(41-33)35(39)38-24-22-36(23-25-38)21-9-14-29-10-5-3-6-11-29/h3-20H,2,21-28H2,1H3/b14-9+. The van der Waals surface area contributed by atoms with Crippen LogP contribution in [0, 0.1) is 0 Å². The first-order chi connectivity index (χ1) is 20.2. The van der Waals surface area contributed by atoms with Gasteiger partial charge >= 0.3 is 0 Å². The molecule has 41 heavy (non-hydrogen) atoms.